The molecule has 26 heavy (non-hydrogen) atoms. The molecule has 3 heteroatoms. The fourth-order valence-electron chi connectivity index (χ4n) is 3.18. The zero-order chi connectivity index (χ0) is 17.8. The second-order valence-corrected chi connectivity index (χ2v) is 6.49. The van der Waals surface area contributed by atoms with Crippen LogP contribution in [0.4, 0.5) is 5.69 Å². The predicted octanol–water partition coefficient (Wildman–Crippen LogP) is 5.05. The van der Waals surface area contributed by atoms with Gasteiger partial charge in [0.2, 0.25) is 0 Å². The molecule has 1 aliphatic rings. The van der Waals surface area contributed by atoms with Crippen LogP contribution in [0.2, 0.25) is 0 Å². The molecule has 3 nitrogen and oxygen atoms in total. The Kier molecular flexibility index (Phi) is 4.61. The summed E-state index contributed by atoms with van der Waals surface area (Å²) in [5.74, 6) is 0.171. The van der Waals surface area contributed by atoms with Gasteiger partial charge < -0.3 is 0 Å². The molecule has 0 saturated heterocycles. The van der Waals surface area contributed by atoms with E-state index in [0.29, 0.717) is 0 Å². The van der Waals surface area contributed by atoms with Gasteiger partial charge in [-0.1, -0.05) is 78.4 Å². The molecule has 0 amide bonds. The van der Waals surface area contributed by atoms with Crippen molar-refractivity contribution < 1.29 is 0 Å². The van der Waals surface area contributed by atoms with Crippen LogP contribution in [0.3, 0.4) is 0 Å². The van der Waals surface area contributed by atoms with Crippen molar-refractivity contribution in [2.45, 2.75) is 12.8 Å². The van der Waals surface area contributed by atoms with Gasteiger partial charge >= 0.3 is 0 Å². The Morgan fingerprint density at radius 2 is 1.50 bits per heavy atom. The van der Waals surface area contributed by atoms with Gasteiger partial charge in [-0.15, -0.1) is 0 Å². The summed E-state index contributed by atoms with van der Waals surface area (Å²) in [6, 6.07) is 29.0. The molecule has 3 aromatic rings. The van der Waals surface area contributed by atoms with Gasteiger partial charge in [-0.3, -0.25) is 10.4 Å². The molecule has 1 atom stereocenters. The molecular weight excluding hydrogens is 318 g/mol. The quantitative estimate of drug-likeness (QED) is 0.664. The summed E-state index contributed by atoms with van der Waals surface area (Å²) in [4.78, 5) is 4.82. The maximum Gasteiger partial charge on any atom is 0.0958 e. The standard InChI is InChI=1S/C23H21N3/c1-17-12-14-20(15-13-17)25-26-23-21(18-8-4-2-5-9-18)16-24-22(23)19-10-6-3-7-11-19/h2-15,21,25H,16H2,1H3. The van der Waals surface area contributed by atoms with Gasteiger partial charge in [0.25, 0.3) is 0 Å². The SMILES string of the molecule is Cc1ccc(NN=C2C(c3ccccc3)=NCC2c2ccccc2)cc1. The van der Waals surface area contributed by atoms with Gasteiger partial charge in [-0.25, -0.2) is 0 Å². The number of aliphatic imine (C=N–C) groups is 1. The zero-order valence-electron chi connectivity index (χ0n) is 14.8. The molecule has 1 heterocycles. The fraction of sp³-hybridized carbons (Fsp3) is 0.130. The number of anilines is 1. The second kappa shape index (κ2) is 7.36. The maximum atomic E-state index is 4.82. The third kappa shape index (κ3) is 3.42. The molecule has 0 saturated carbocycles. The molecule has 4 rings (SSSR count). The van der Waals surface area contributed by atoms with Gasteiger partial charge in [-0.2, -0.15) is 5.10 Å². The first-order chi connectivity index (χ1) is 12.8. The minimum atomic E-state index is 0.171. The van der Waals surface area contributed by atoms with E-state index in [9.17, 15) is 0 Å². The summed E-state index contributed by atoms with van der Waals surface area (Å²) in [5.41, 5.74) is 9.74. The largest absolute Gasteiger partial charge is 0.282 e. The van der Waals surface area contributed by atoms with Crippen LogP contribution in [-0.4, -0.2) is 18.0 Å². The van der Waals surface area contributed by atoms with Gasteiger partial charge in [0, 0.05) is 11.5 Å². The summed E-state index contributed by atoms with van der Waals surface area (Å²) in [7, 11) is 0. The Morgan fingerprint density at radius 3 is 2.19 bits per heavy atom. The van der Waals surface area contributed by atoms with Gasteiger partial charge in [0.1, 0.15) is 0 Å². The summed E-state index contributed by atoms with van der Waals surface area (Å²) in [6.45, 7) is 2.81. The van der Waals surface area contributed by atoms with Crippen molar-refractivity contribution in [3.8, 4) is 0 Å². The van der Waals surface area contributed by atoms with E-state index in [4.69, 9.17) is 10.1 Å². The molecule has 3 aromatic carbocycles. The highest BCUT2D eigenvalue weighted by Crippen LogP contribution is 2.26. The molecule has 0 bridgehead atoms. The predicted molar refractivity (Wildman–Crippen MR) is 109 cm³/mol. The number of nitrogens with zero attached hydrogens (tertiary/aromatic N) is 2. The van der Waals surface area contributed by atoms with E-state index >= 15 is 0 Å². The van der Waals surface area contributed by atoms with Gasteiger partial charge in [0.05, 0.1) is 23.7 Å². The third-order valence-electron chi connectivity index (χ3n) is 4.61. The third-order valence-corrected chi connectivity index (χ3v) is 4.61. The molecule has 0 radical (unpaired) electrons. The maximum absolute atomic E-state index is 4.82. The molecule has 128 valence electrons. The van der Waals surface area contributed by atoms with Crippen LogP contribution >= 0.6 is 0 Å². The molecule has 0 aliphatic carbocycles. The Labute approximate surface area is 154 Å². The molecule has 0 spiro atoms. The summed E-state index contributed by atoms with van der Waals surface area (Å²) in [6.07, 6.45) is 0. The number of rotatable bonds is 4. The summed E-state index contributed by atoms with van der Waals surface area (Å²) in [5, 5.41) is 4.77. The zero-order valence-corrected chi connectivity index (χ0v) is 14.8. The topological polar surface area (TPSA) is 36.8 Å². The first kappa shape index (κ1) is 16.3. The number of aryl methyl sites for hydroxylation is 1. The Morgan fingerprint density at radius 1 is 0.846 bits per heavy atom. The van der Waals surface area contributed by atoms with Gasteiger partial charge in [0.15, 0.2) is 0 Å². The van der Waals surface area contributed by atoms with Crippen LogP contribution in [0.5, 0.6) is 0 Å². The minimum Gasteiger partial charge on any atom is -0.282 e. The van der Waals surface area contributed by atoms with E-state index in [0.717, 1.165) is 29.2 Å². The minimum absolute atomic E-state index is 0.171. The summed E-state index contributed by atoms with van der Waals surface area (Å²) >= 11 is 0. The lowest BCUT2D eigenvalue weighted by Crippen LogP contribution is -2.20. The average Bonchev–Trinajstić information content (AvgIpc) is 3.13. The Bertz CT molecular complexity index is 926. The van der Waals surface area contributed by atoms with Crippen molar-refractivity contribution in [2.24, 2.45) is 10.1 Å². The molecule has 0 fully saturated rings. The van der Waals surface area contributed by atoms with Crippen molar-refractivity contribution in [2.75, 3.05) is 12.0 Å². The molecular formula is C23H21N3. The number of hydrazone groups is 1. The number of hydrogen-bond donors (Lipinski definition) is 1. The van der Waals surface area contributed by atoms with Crippen molar-refractivity contribution in [1.82, 2.24) is 0 Å². The smallest absolute Gasteiger partial charge is 0.0958 e. The Hall–Kier alpha value is -3.20. The van der Waals surface area contributed by atoms with E-state index in [1.165, 1.54) is 11.1 Å². The lowest BCUT2D eigenvalue weighted by atomic mass is 9.92. The van der Waals surface area contributed by atoms with Crippen molar-refractivity contribution >= 4 is 17.1 Å². The van der Waals surface area contributed by atoms with Gasteiger partial charge in [-0.05, 0) is 24.6 Å². The monoisotopic (exact) mass is 339 g/mol. The van der Waals surface area contributed by atoms with Crippen LogP contribution < -0.4 is 5.43 Å². The van der Waals surface area contributed by atoms with Crippen LogP contribution in [0.1, 0.15) is 22.6 Å². The van der Waals surface area contributed by atoms with E-state index < -0.39 is 0 Å². The lowest BCUT2D eigenvalue weighted by Gasteiger charge is -2.13. The highest BCUT2D eigenvalue weighted by atomic mass is 15.3. The second-order valence-electron chi connectivity index (χ2n) is 6.49. The van der Waals surface area contributed by atoms with Crippen molar-refractivity contribution in [3.63, 3.8) is 0 Å². The average molecular weight is 339 g/mol. The first-order valence-corrected chi connectivity index (χ1v) is 8.87. The van der Waals surface area contributed by atoms with Crippen LogP contribution in [0.25, 0.3) is 0 Å². The highest BCUT2D eigenvalue weighted by Gasteiger charge is 2.29. The van der Waals surface area contributed by atoms with Crippen LogP contribution in [0.15, 0.2) is 95.0 Å². The number of hydrogen-bond acceptors (Lipinski definition) is 3. The fourth-order valence-corrected chi connectivity index (χ4v) is 3.18. The van der Waals surface area contributed by atoms with E-state index in [1.54, 1.807) is 0 Å². The van der Waals surface area contributed by atoms with Crippen molar-refractivity contribution in [1.29, 1.82) is 0 Å². The van der Waals surface area contributed by atoms with E-state index in [-0.39, 0.29) is 5.92 Å². The van der Waals surface area contributed by atoms with E-state index in [2.05, 4.69) is 60.9 Å². The molecule has 1 unspecified atom stereocenters. The summed E-state index contributed by atoms with van der Waals surface area (Å²) < 4.78 is 0. The normalized spacial score (nSPS) is 18.0. The van der Waals surface area contributed by atoms with Crippen molar-refractivity contribution in [3.05, 3.63) is 102 Å². The number of nitrogens with one attached hydrogen (secondary N) is 1. The van der Waals surface area contributed by atoms with Crippen LogP contribution in [-0.2, 0) is 0 Å². The molecule has 1 aliphatic heterocycles. The lowest BCUT2D eigenvalue weighted by molar-refractivity contribution is 0.923. The highest BCUT2D eigenvalue weighted by molar-refractivity contribution is 6.51. The van der Waals surface area contributed by atoms with Crippen LogP contribution in [0, 0.1) is 6.92 Å². The molecule has 1 N–H and O–H groups in total. The Balaban J connectivity index is 1.69. The first-order valence-electron chi connectivity index (χ1n) is 8.87. The number of benzene rings is 3. The molecule has 0 aromatic heterocycles. The van der Waals surface area contributed by atoms with E-state index in [1.807, 2.05) is 36.4 Å².